The lowest BCUT2D eigenvalue weighted by Crippen LogP contribution is -2.32. The molecular formula is C20H21NO4. The standard InChI is InChI=1S/C20H21NO4/c22-20(23)16-5-3-7-19-17(16)13-21(9-11-25-19)12-14-8-10-24-18-6-2-1-4-15(14)18/h1-7,14H,8-13H2,(H,22,23). The van der Waals surface area contributed by atoms with Crippen molar-refractivity contribution in [3.05, 3.63) is 59.2 Å². The predicted octanol–water partition coefficient (Wildman–Crippen LogP) is 3.15. The average molecular weight is 339 g/mol. The zero-order valence-electron chi connectivity index (χ0n) is 14.0. The van der Waals surface area contributed by atoms with Gasteiger partial charge >= 0.3 is 5.97 Å². The monoisotopic (exact) mass is 339 g/mol. The number of ether oxygens (including phenoxy) is 2. The number of hydrogen-bond acceptors (Lipinski definition) is 4. The summed E-state index contributed by atoms with van der Waals surface area (Å²) in [7, 11) is 0. The van der Waals surface area contributed by atoms with Crippen molar-refractivity contribution >= 4 is 5.97 Å². The Bertz CT molecular complexity index is 789. The van der Waals surface area contributed by atoms with Crippen LogP contribution >= 0.6 is 0 Å². The van der Waals surface area contributed by atoms with Crippen LogP contribution in [0.3, 0.4) is 0 Å². The lowest BCUT2D eigenvalue weighted by Gasteiger charge is -2.30. The predicted molar refractivity (Wildman–Crippen MR) is 93.5 cm³/mol. The third kappa shape index (κ3) is 3.20. The van der Waals surface area contributed by atoms with Crippen LogP contribution in [0, 0.1) is 0 Å². The lowest BCUT2D eigenvalue weighted by molar-refractivity contribution is 0.0694. The van der Waals surface area contributed by atoms with E-state index in [0.29, 0.717) is 30.4 Å². The van der Waals surface area contributed by atoms with Crippen LogP contribution in [0.4, 0.5) is 0 Å². The van der Waals surface area contributed by atoms with Crippen LogP contribution in [0.5, 0.6) is 11.5 Å². The van der Waals surface area contributed by atoms with Crippen LogP contribution in [0.25, 0.3) is 0 Å². The second-order valence-electron chi connectivity index (χ2n) is 6.54. The molecule has 1 N–H and O–H groups in total. The van der Waals surface area contributed by atoms with Gasteiger partial charge in [-0.15, -0.1) is 0 Å². The zero-order valence-corrected chi connectivity index (χ0v) is 14.0. The molecule has 0 saturated carbocycles. The number of carbonyl (C=O) groups is 1. The molecule has 2 aromatic rings. The molecule has 130 valence electrons. The molecule has 0 amide bonds. The minimum Gasteiger partial charge on any atom is -0.493 e. The Hall–Kier alpha value is -2.53. The Labute approximate surface area is 146 Å². The highest BCUT2D eigenvalue weighted by Gasteiger charge is 2.26. The summed E-state index contributed by atoms with van der Waals surface area (Å²) in [5.41, 5.74) is 2.34. The molecule has 5 heteroatoms. The summed E-state index contributed by atoms with van der Waals surface area (Å²) in [6.45, 7) is 3.55. The van der Waals surface area contributed by atoms with Gasteiger partial charge in [-0.3, -0.25) is 4.90 Å². The van der Waals surface area contributed by atoms with Crippen molar-refractivity contribution in [2.75, 3.05) is 26.3 Å². The number of hydrogen-bond donors (Lipinski definition) is 1. The smallest absolute Gasteiger partial charge is 0.336 e. The number of nitrogens with zero attached hydrogens (tertiary/aromatic N) is 1. The second-order valence-corrected chi connectivity index (χ2v) is 6.54. The van der Waals surface area contributed by atoms with Gasteiger partial charge in [-0.2, -0.15) is 0 Å². The van der Waals surface area contributed by atoms with Crippen LogP contribution < -0.4 is 9.47 Å². The summed E-state index contributed by atoms with van der Waals surface area (Å²) in [6, 6.07) is 13.4. The van der Waals surface area contributed by atoms with Crippen molar-refractivity contribution in [1.29, 1.82) is 0 Å². The van der Waals surface area contributed by atoms with Crippen molar-refractivity contribution in [2.24, 2.45) is 0 Å². The minimum absolute atomic E-state index is 0.330. The van der Waals surface area contributed by atoms with Crippen molar-refractivity contribution in [1.82, 2.24) is 4.90 Å². The molecule has 25 heavy (non-hydrogen) atoms. The van der Waals surface area contributed by atoms with E-state index in [1.54, 1.807) is 12.1 Å². The summed E-state index contributed by atoms with van der Waals surface area (Å²) >= 11 is 0. The molecule has 0 fully saturated rings. The van der Waals surface area contributed by atoms with E-state index < -0.39 is 5.97 Å². The Morgan fingerprint density at radius 3 is 2.76 bits per heavy atom. The lowest BCUT2D eigenvalue weighted by atomic mass is 9.92. The van der Waals surface area contributed by atoms with E-state index in [4.69, 9.17) is 9.47 Å². The van der Waals surface area contributed by atoms with Crippen LogP contribution in [-0.2, 0) is 6.54 Å². The molecule has 0 saturated heterocycles. The maximum absolute atomic E-state index is 11.6. The van der Waals surface area contributed by atoms with Gasteiger partial charge in [0, 0.05) is 31.1 Å². The molecule has 1 atom stereocenters. The maximum Gasteiger partial charge on any atom is 0.336 e. The Morgan fingerprint density at radius 1 is 1.08 bits per heavy atom. The van der Waals surface area contributed by atoms with Gasteiger partial charge in [0.15, 0.2) is 0 Å². The minimum atomic E-state index is -0.904. The molecule has 5 nitrogen and oxygen atoms in total. The van der Waals surface area contributed by atoms with Gasteiger partial charge < -0.3 is 14.6 Å². The number of aromatic carboxylic acids is 1. The summed E-state index contributed by atoms with van der Waals surface area (Å²) in [6.07, 6.45) is 0.974. The summed E-state index contributed by atoms with van der Waals surface area (Å²) in [5.74, 6) is 1.15. The molecule has 4 rings (SSSR count). The number of rotatable bonds is 3. The molecule has 0 spiro atoms. The van der Waals surface area contributed by atoms with E-state index in [2.05, 4.69) is 11.0 Å². The fraction of sp³-hybridized carbons (Fsp3) is 0.350. The normalized spacial score (nSPS) is 19.8. The number of fused-ring (bicyclic) bond motifs is 2. The van der Waals surface area contributed by atoms with Gasteiger partial charge in [-0.25, -0.2) is 4.79 Å². The van der Waals surface area contributed by atoms with Gasteiger partial charge in [0.25, 0.3) is 0 Å². The maximum atomic E-state index is 11.6. The first-order valence-corrected chi connectivity index (χ1v) is 8.64. The summed E-state index contributed by atoms with van der Waals surface area (Å²) < 4.78 is 11.6. The molecule has 1 unspecified atom stereocenters. The first-order chi connectivity index (χ1) is 12.2. The number of carboxylic acids is 1. The van der Waals surface area contributed by atoms with E-state index in [9.17, 15) is 9.90 Å². The second kappa shape index (κ2) is 6.76. The number of benzene rings is 2. The first kappa shape index (κ1) is 16.0. The molecule has 0 bridgehead atoms. The summed E-state index contributed by atoms with van der Waals surface area (Å²) in [5, 5.41) is 9.48. The number of para-hydroxylation sites is 1. The molecule has 2 aliphatic heterocycles. The van der Waals surface area contributed by atoms with E-state index >= 15 is 0 Å². The van der Waals surface area contributed by atoms with E-state index in [0.717, 1.165) is 37.4 Å². The molecule has 2 aromatic carbocycles. The molecule has 2 heterocycles. The van der Waals surface area contributed by atoms with Gasteiger partial charge in [-0.1, -0.05) is 24.3 Å². The van der Waals surface area contributed by atoms with Gasteiger partial charge in [0.05, 0.1) is 12.2 Å². The molecule has 0 radical (unpaired) electrons. The molecular weight excluding hydrogens is 318 g/mol. The molecule has 2 aliphatic rings. The number of carboxylic acid groups (broad SMARTS) is 1. The van der Waals surface area contributed by atoms with Gasteiger partial charge in [0.2, 0.25) is 0 Å². The molecule has 0 aromatic heterocycles. The van der Waals surface area contributed by atoms with Crippen molar-refractivity contribution in [2.45, 2.75) is 18.9 Å². The summed E-state index contributed by atoms with van der Waals surface area (Å²) in [4.78, 5) is 13.9. The van der Waals surface area contributed by atoms with E-state index in [-0.39, 0.29) is 0 Å². The first-order valence-electron chi connectivity index (χ1n) is 8.64. The Morgan fingerprint density at radius 2 is 1.88 bits per heavy atom. The van der Waals surface area contributed by atoms with Crippen molar-refractivity contribution in [3.8, 4) is 11.5 Å². The van der Waals surface area contributed by atoms with E-state index in [1.807, 2.05) is 24.3 Å². The SMILES string of the molecule is O=C(O)c1cccc2c1CN(CC1CCOc3ccccc31)CCO2. The van der Waals surface area contributed by atoms with Gasteiger partial charge in [0.1, 0.15) is 18.1 Å². The highest BCUT2D eigenvalue weighted by atomic mass is 16.5. The zero-order chi connectivity index (χ0) is 17.2. The largest absolute Gasteiger partial charge is 0.493 e. The highest BCUT2D eigenvalue weighted by molar-refractivity contribution is 5.90. The third-order valence-corrected chi connectivity index (χ3v) is 4.97. The fourth-order valence-electron chi connectivity index (χ4n) is 3.72. The Kier molecular flexibility index (Phi) is 4.32. The van der Waals surface area contributed by atoms with Gasteiger partial charge in [-0.05, 0) is 30.2 Å². The molecule has 0 aliphatic carbocycles. The van der Waals surface area contributed by atoms with Crippen molar-refractivity contribution in [3.63, 3.8) is 0 Å². The highest BCUT2D eigenvalue weighted by Crippen LogP contribution is 2.35. The topological polar surface area (TPSA) is 59.0 Å². The van der Waals surface area contributed by atoms with Crippen LogP contribution in [0.1, 0.15) is 33.8 Å². The Balaban J connectivity index is 1.58. The average Bonchev–Trinajstić information content (AvgIpc) is 2.83. The quantitative estimate of drug-likeness (QED) is 0.931. The van der Waals surface area contributed by atoms with Crippen molar-refractivity contribution < 1.29 is 19.4 Å². The van der Waals surface area contributed by atoms with E-state index in [1.165, 1.54) is 5.56 Å². The van der Waals surface area contributed by atoms with Crippen LogP contribution in [0.15, 0.2) is 42.5 Å². The van der Waals surface area contributed by atoms with Crippen LogP contribution in [0.2, 0.25) is 0 Å². The van der Waals surface area contributed by atoms with Crippen LogP contribution in [-0.4, -0.2) is 42.3 Å². The third-order valence-electron chi connectivity index (χ3n) is 4.97. The fourth-order valence-corrected chi connectivity index (χ4v) is 3.72.